The smallest absolute Gasteiger partial charge is 0.339 e. The van der Waals surface area contributed by atoms with E-state index in [4.69, 9.17) is 24.1 Å². The minimum absolute atomic E-state index is 0.0141. The van der Waals surface area contributed by atoms with Gasteiger partial charge in [0.05, 0.1) is 45.2 Å². The van der Waals surface area contributed by atoms with Crippen LogP contribution in [0.4, 0.5) is 0 Å². The molecule has 0 spiro atoms. The van der Waals surface area contributed by atoms with E-state index in [1.807, 2.05) is 13.8 Å². The number of aliphatic hydroxyl groups excluding tert-OH is 1. The van der Waals surface area contributed by atoms with Crippen LogP contribution in [0, 0.1) is 6.92 Å². The van der Waals surface area contributed by atoms with Gasteiger partial charge in [-0.2, -0.15) is 0 Å². The average Bonchev–Trinajstić information content (AvgIpc) is 2.87. The predicted octanol–water partition coefficient (Wildman–Crippen LogP) is 3.68. The first kappa shape index (κ1) is 27.8. The Hall–Kier alpha value is -3.43. The van der Waals surface area contributed by atoms with E-state index < -0.39 is 17.5 Å². The van der Waals surface area contributed by atoms with Gasteiger partial charge in [-0.3, -0.25) is 9.59 Å². The Balaban J connectivity index is 0.000000407. The monoisotopic (exact) mass is 488 g/mol. The quantitative estimate of drug-likeness (QED) is 0.565. The van der Waals surface area contributed by atoms with Gasteiger partial charge in [0.15, 0.2) is 11.6 Å². The molecule has 1 heterocycles. The summed E-state index contributed by atoms with van der Waals surface area (Å²) in [7, 11) is 4.09. The summed E-state index contributed by atoms with van der Waals surface area (Å²) in [5.74, 6) is -1.72. The number of aromatic carboxylic acids is 1. The highest BCUT2D eigenvalue weighted by molar-refractivity contribution is 6.31. The molecule has 0 amide bonds. The fraction of sp³-hybridized carbons (Fsp3) is 0.423. The maximum Gasteiger partial charge on any atom is 0.339 e. The number of carbonyl (C=O) groups excluding carboxylic acids is 2. The number of rotatable bonds is 4. The summed E-state index contributed by atoms with van der Waals surface area (Å²) in [4.78, 5) is 37.9. The summed E-state index contributed by atoms with van der Waals surface area (Å²) in [6.07, 6.45) is 1.75. The molecule has 1 aliphatic heterocycles. The topological polar surface area (TPSA) is 129 Å². The van der Waals surface area contributed by atoms with Gasteiger partial charge in [0.25, 0.3) is 0 Å². The Labute approximate surface area is 204 Å². The molecule has 0 saturated carbocycles. The van der Waals surface area contributed by atoms with Crippen molar-refractivity contribution in [3.8, 4) is 17.2 Å². The number of aliphatic hydroxyl groups is 1. The SMILES string of the molecule is CC.COc1cc2c(c(C)c1C(=O)O)C(=O)c1c(OC)ccc(OC)c1C2=O.OC1CCCOC1. The van der Waals surface area contributed by atoms with Gasteiger partial charge in [-0.15, -0.1) is 0 Å². The standard InChI is InChI=1S/C19H16O7.C5H10O2.C2H6/c1-8-13-9(7-12(26-4)14(8)19(22)23)17(20)15-10(24-2)5-6-11(25-3)16(15)18(13)21;6-5-2-1-3-7-4-5;1-2/h5-7H,1-4H3,(H,22,23);5-6H,1-4H2;1-2H3. The number of carboxylic acids is 1. The highest BCUT2D eigenvalue weighted by atomic mass is 16.5. The molecule has 4 rings (SSSR count). The molecule has 1 aliphatic carbocycles. The summed E-state index contributed by atoms with van der Waals surface area (Å²) in [6.45, 7) is 6.85. The lowest BCUT2D eigenvalue weighted by Crippen LogP contribution is -2.25. The minimum atomic E-state index is -1.24. The van der Waals surface area contributed by atoms with Crippen LogP contribution in [0.3, 0.4) is 0 Å². The molecule has 2 aliphatic rings. The van der Waals surface area contributed by atoms with Gasteiger partial charge in [-0.25, -0.2) is 4.79 Å². The van der Waals surface area contributed by atoms with Gasteiger partial charge in [0, 0.05) is 17.7 Å². The van der Waals surface area contributed by atoms with Crippen molar-refractivity contribution in [3.05, 3.63) is 51.6 Å². The number of hydrogen-bond acceptors (Lipinski definition) is 8. The molecule has 0 radical (unpaired) electrons. The number of carbonyl (C=O) groups is 3. The largest absolute Gasteiger partial charge is 0.496 e. The highest BCUT2D eigenvalue weighted by Crippen LogP contribution is 2.41. The Morgan fingerprint density at radius 3 is 1.89 bits per heavy atom. The van der Waals surface area contributed by atoms with E-state index in [-0.39, 0.29) is 56.7 Å². The fourth-order valence-corrected chi connectivity index (χ4v) is 4.02. The first-order valence-electron chi connectivity index (χ1n) is 11.3. The maximum absolute atomic E-state index is 13.2. The summed E-state index contributed by atoms with van der Waals surface area (Å²) in [6, 6.07) is 4.36. The van der Waals surface area contributed by atoms with E-state index in [1.54, 1.807) is 6.07 Å². The number of ether oxygens (including phenoxy) is 4. The van der Waals surface area contributed by atoms with Gasteiger partial charge >= 0.3 is 5.97 Å². The second-order valence-corrected chi connectivity index (χ2v) is 7.56. The van der Waals surface area contributed by atoms with Crippen molar-refractivity contribution in [2.45, 2.75) is 39.7 Å². The zero-order chi connectivity index (χ0) is 26.3. The Morgan fingerprint density at radius 1 is 0.943 bits per heavy atom. The van der Waals surface area contributed by atoms with Gasteiger partial charge in [-0.05, 0) is 43.5 Å². The Morgan fingerprint density at radius 2 is 1.49 bits per heavy atom. The summed E-state index contributed by atoms with van der Waals surface area (Å²) >= 11 is 0. The van der Waals surface area contributed by atoms with E-state index >= 15 is 0 Å². The van der Waals surface area contributed by atoms with Crippen LogP contribution in [0.1, 0.15) is 74.5 Å². The van der Waals surface area contributed by atoms with Crippen LogP contribution in [0.5, 0.6) is 17.2 Å². The number of hydrogen-bond donors (Lipinski definition) is 2. The maximum atomic E-state index is 13.2. The minimum Gasteiger partial charge on any atom is -0.496 e. The van der Waals surface area contributed by atoms with Crippen LogP contribution in [-0.4, -0.2) is 68.4 Å². The van der Waals surface area contributed by atoms with Gasteiger partial charge in [-0.1, -0.05) is 13.8 Å². The first-order valence-corrected chi connectivity index (χ1v) is 11.3. The molecule has 1 unspecified atom stereocenters. The third-order valence-electron chi connectivity index (χ3n) is 5.61. The number of benzene rings is 2. The normalized spacial score (nSPS) is 15.9. The Kier molecular flexibility index (Phi) is 9.79. The van der Waals surface area contributed by atoms with Crippen molar-refractivity contribution in [3.63, 3.8) is 0 Å². The molecule has 0 aromatic heterocycles. The summed E-state index contributed by atoms with van der Waals surface area (Å²) in [5, 5.41) is 18.3. The van der Waals surface area contributed by atoms with Crippen LogP contribution in [0.15, 0.2) is 18.2 Å². The van der Waals surface area contributed by atoms with Crippen LogP contribution < -0.4 is 14.2 Å². The van der Waals surface area contributed by atoms with E-state index in [0.29, 0.717) is 6.61 Å². The lowest BCUT2D eigenvalue weighted by Gasteiger charge is -2.24. The van der Waals surface area contributed by atoms with Crippen molar-refractivity contribution < 1.29 is 43.5 Å². The molecular weight excluding hydrogens is 456 g/mol. The van der Waals surface area contributed by atoms with Crippen LogP contribution in [-0.2, 0) is 4.74 Å². The van der Waals surface area contributed by atoms with Crippen molar-refractivity contribution in [2.24, 2.45) is 0 Å². The van der Waals surface area contributed by atoms with Crippen LogP contribution in [0.25, 0.3) is 0 Å². The van der Waals surface area contributed by atoms with Crippen molar-refractivity contribution in [1.82, 2.24) is 0 Å². The first-order chi connectivity index (χ1) is 16.8. The second-order valence-electron chi connectivity index (χ2n) is 7.56. The molecule has 1 atom stereocenters. The molecule has 2 aromatic rings. The van der Waals surface area contributed by atoms with Crippen molar-refractivity contribution in [2.75, 3.05) is 34.5 Å². The van der Waals surface area contributed by atoms with Crippen molar-refractivity contribution >= 4 is 17.5 Å². The number of ketones is 2. The molecule has 2 N–H and O–H groups in total. The molecule has 35 heavy (non-hydrogen) atoms. The molecule has 9 heteroatoms. The lowest BCUT2D eigenvalue weighted by molar-refractivity contribution is -0.00535. The summed E-state index contributed by atoms with van der Waals surface area (Å²) < 4.78 is 20.5. The van der Waals surface area contributed by atoms with E-state index in [0.717, 1.165) is 19.4 Å². The second kappa shape index (κ2) is 12.3. The Bertz CT molecular complexity index is 1100. The number of methoxy groups -OCH3 is 3. The number of carboxylic acid groups (broad SMARTS) is 1. The van der Waals surface area contributed by atoms with E-state index in [1.165, 1.54) is 40.4 Å². The third kappa shape index (κ3) is 5.47. The molecule has 9 nitrogen and oxygen atoms in total. The summed E-state index contributed by atoms with van der Waals surface area (Å²) in [5.41, 5.74) is 0.280. The molecule has 190 valence electrons. The van der Waals surface area contributed by atoms with E-state index in [9.17, 15) is 19.5 Å². The average molecular weight is 489 g/mol. The van der Waals surface area contributed by atoms with Gasteiger partial charge < -0.3 is 29.2 Å². The lowest BCUT2D eigenvalue weighted by atomic mass is 9.79. The predicted molar refractivity (Wildman–Crippen MR) is 129 cm³/mol. The fourth-order valence-electron chi connectivity index (χ4n) is 4.02. The zero-order valence-corrected chi connectivity index (χ0v) is 20.9. The van der Waals surface area contributed by atoms with Crippen LogP contribution in [0.2, 0.25) is 0 Å². The van der Waals surface area contributed by atoms with Crippen LogP contribution >= 0.6 is 0 Å². The van der Waals surface area contributed by atoms with E-state index in [2.05, 4.69) is 0 Å². The van der Waals surface area contributed by atoms with Gasteiger partial charge in [0.2, 0.25) is 0 Å². The molecule has 2 aromatic carbocycles. The number of fused-ring (bicyclic) bond motifs is 2. The van der Waals surface area contributed by atoms with Crippen molar-refractivity contribution in [1.29, 1.82) is 0 Å². The molecule has 0 bridgehead atoms. The molecular formula is C26H32O9. The third-order valence-corrected chi connectivity index (χ3v) is 5.61. The molecule has 1 saturated heterocycles. The van der Waals surface area contributed by atoms with Gasteiger partial charge in [0.1, 0.15) is 22.8 Å². The zero-order valence-electron chi connectivity index (χ0n) is 20.9. The highest BCUT2D eigenvalue weighted by Gasteiger charge is 2.38. The molecule has 1 fully saturated rings.